The first-order valence-corrected chi connectivity index (χ1v) is 11.8. The first-order valence-electron chi connectivity index (χ1n) is 11.0. The van der Waals surface area contributed by atoms with Crippen LogP contribution in [-0.4, -0.2) is 39.4 Å². The lowest BCUT2D eigenvalue weighted by atomic mass is 10.0. The Kier molecular flexibility index (Phi) is 8.22. The molecular formula is C25H29F2N3O4S. The number of carbonyl (C=O) groups excluding carboxylic acids is 1. The summed E-state index contributed by atoms with van der Waals surface area (Å²) in [6.45, 7) is 7.06. The normalized spacial score (nSPS) is 12.6. The van der Waals surface area contributed by atoms with Crippen LogP contribution in [0.4, 0.5) is 19.6 Å². The number of nitrogens with zero attached hydrogens (tertiary/aromatic N) is 1. The van der Waals surface area contributed by atoms with E-state index in [0.717, 1.165) is 16.9 Å². The number of amides is 1. The fraction of sp³-hybridized carbons (Fsp3) is 0.360. The van der Waals surface area contributed by atoms with Gasteiger partial charge in [-0.05, 0) is 69.5 Å². The topological polar surface area (TPSA) is 118 Å². The number of carbonyl (C=O) groups is 1. The van der Waals surface area contributed by atoms with Crippen molar-refractivity contribution in [1.29, 1.82) is 0 Å². The van der Waals surface area contributed by atoms with E-state index < -0.39 is 29.2 Å². The number of halogens is 2. The van der Waals surface area contributed by atoms with Crippen molar-refractivity contribution in [2.75, 3.05) is 11.9 Å². The van der Waals surface area contributed by atoms with Crippen molar-refractivity contribution < 1.29 is 28.5 Å². The minimum atomic E-state index is -0.943. The number of primary amides is 1. The molecule has 0 fully saturated rings. The zero-order valence-electron chi connectivity index (χ0n) is 20.0. The summed E-state index contributed by atoms with van der Waals surface area (Å²) < 4.78 is 35.1. The van der Waals surface area contributed by atoms with Crippen LogP contribution in [0.1, 0.15) is 48.0 Å². The molecule has 5 N–H and O–H groups in total. The van der Waals surface area contributed by atoms with Gasteiger partial charge in [0, 0.05) is 10.6 Å². The van der Waals surface area contributed by atoms with Gasteiger partial charge in [0.1, 0.15) is 22.5 Å². The number of aryl methyl sites for hydroxylation is 1. The molecule has 10 heteroatoms. The summed E-state index contributed by atoms with van der Waals surface area (Å²) in [5, 5.41) is 22.6. The maximum Gasteiger partial charge on any atom is 0.251 e. The number of benzene rings is 1. The largest absolute Gasteiger partial charge is 0.393 e. The molecule has 0 saturated heterocycles. The van der Waals surface area contributed by atoms with Crippen molar-refractivity contribution >= 4 is 28.1 Å². The number of hydrogen-bond acceptors (Lipinski definition) is 7. The van der Waals surface area contributed by atoms with E-state index in [1.54, 1.807) is 32.9 Å². The molecule has 1 unspecified atom stereocenters. The summed E-state index contributed by atoms with van der Waals surface area (Å²) in [5.41, 5.74) is 6.20. The summed E-state index contributed by atoms with van der Waals surface area (Å²) in [4.78, 5) is 16.7. The van der Waals surface area contributed by atoms with Crippen molar-refractivity contribution in [3.63, 3.8) is 0 Å². The van der Waals surface area contributed by atoms with E-state index in [2.05, 4.69) is 10.3 Å². The Balaban J connectivity index is 1.86. The molecule has 0 bridgehead atoms. The van der Waals surface area contributed by atoms with Crippen LogP contribution in [-0.2, 0) is 17.8 Å². The van der Waals surface area contributed by atoms with E-state index in [1.807, 2.05) is 0 Å². The molecule has 0 spiro atoms. The molecular weight excluding hydrogens is 476 g/mol. The lowest BCUT2D eigenvalue weighted by molar-refractivity contribution is -0.0270. The minimum Gasteiger partial charge on any atom is -0.393 e. The number of nitrogens with one attached hydrogen (secondary N) is 1. The maximum absolute atomic E-state index is 14.8. The Hall–Kier alpha value is -2.92. The number of thiophene rings is 1. The highest BCUT2D eigenvalue weighted by Gasteiger charge is 2.21. The second-order valence-electron chi connectivity index (χ2n) is 9.08. The smallest absolute Gasteiger partial charge is 0.251 e. The highest BCUT2D eigenvalue weighted by atomic mass is 32.1. The monoisotopic (exact) mass is 505 g/mol. The minimum absolute atomic E-state index is 0.0777. The Morgan fingerprint density at radius 2 is 1.91 bits per heavy atom. The van der Waals surface area contributed by atoms with E-state index in [1.165, 1.54) is 25.1 Å². The molecule has 188 valence electrons. The number of pyridine rings is 1. The van der Waals surface area contributed by atoms with E-state index >= 15 is 0 Å². The van der Waals surface area contributed by atoms with Gasteiger partial charge in [-0.2, -0.15) is 0 Å². The van der Waals surface area contributed by atoms with Crippen molar-refractivity contribution in [2.45, 2.75) is 52.4 Å². The Morgan fingerprint density at radius 1 is 1.26 bits per heavy atom. The molecule has 35 heavy (non-hydrogen) atoms. The number of aromatic nitrogens is 1. The molecule has 0 radical (unpaired) electrons. The lowest BCUT2D eigenvalue weighted by Gasteiger charge is -2.17. The highest BCUT2D eigenvalue weighted by Crippen LogP contribution is 2.39. The molecule has 2 heterocycles. The van der Waals surface area contributed by atoms with Crippen molar-refractivity contribution in [2.24, 2.45) is 5.73 Å². The summed E-state index contributed by atoms with van der Waals surface area (Å²) >= 11 is 0.977. The van der Waals surface area contributed by atoms with Crippen LogP contribution in [0.25, 0.3) is 10.4 Å². The molecule has 2 aromatic heterocycles. The van der Waals surface area contributed by atoms with Crippen LogP contribution in [0.2, 0.25) is 0 Å². The molecule has 0 aliphatic carbocycles. The second-order valence-corrected chi connectivity index (χ2v) is 10.1. The average molecular weight is 506 g/mol. The van der Waals surface area contributed by atoms with Gasteiger partial charge in [-0.25, -0.2) is 13.8 Å². The Morgan fingerprint density at radius 3 is 2.46 bits per heavy atom. The third-order valence-corrected chi connectivity index (χ3v) is 6.09. The predicted molar refractivity (Wildman–Crippen MR) is 132 cm³/mol. The van der Waals surface area contributed by atoms with Crippen molar-refractivity contribution in [3.8, 4) is 10.4 Å². The number of aliphatic hydroxyl groups excluding tert-OH is 1. The van der Waals surface area contributed by atoms with E-state index in [0.29, 0.717) is 22.1 Å². The van der Waals surface area contributed by atoms with Gasteiger partial charge < -0.3 is 26.0 Å². The van der Waals surface area contributed by atoms with Gasteiger partial charge in [-0.3, -0.25) is 4.79 Å². The van der Waals surface area contributed by atoms with Gasteiger partial charge in [-0.1, -0.05) is 6.07 Å². The molecule has 1 amide bonds. The second kappa shape index (κ2) is 10.8. The Labute approximate surface area is 206 Å². The fourth-order valence-corrected chi connectivity index (χ4v) is 4.57. The lowest BCUT2D eigenvalue weighted by Crippen LogP contribution is -2.25. The molecule has 1 aromatic carbocycles. The number of hydrogen-bond donors (Lipinski definition) is 4. The first kappa shape index (κ1) is 26.7. The van der Waals surface area contributed by atoms with Crippen LogP contribution in [0.15, 0.2) is 30.3 Å². The number of rotatable bonds is 10. The number of nitrogens with two attached hydrogens (primary N) is 1. The molecule has 0 aliphatic rings. The summed E-state index contributed by atoms with van der Waals surface area (Å²) in [6.07, 6.45) is -0.629. The summed E-state index contributed by atoms with van der Waals surface area (Å²) in [6, 6.07) is 7.17. The van der Waals surface area contributed by atoms with E-state index in [-0.39, 0.29) is 35.6 Å². The van der Waals surface area contributed by atoms with E-state index in [9.17, 15) is 23.8 Å². The van der Waals surface area contributed by atoms with Gasteiger partial charge in [0.05, 0.1) is 36.0 Å². The molecule has 7 nitrogen and oxygen atoms in total. The van der Waals surface area contributed by atoms with Gasteiger partial charge >= 0.3 is 0 Å². The van der Waals surface area contributed by atoms with Crippen LogP contribution < -0.4 is 11.1 Å². The quantitative estimate of drug-likeness (QED) is 0.323. The van der Waals surface area contributed by atoms with Gasteiger partial charge in [-0.15, -0.1) is 11.3 Å². The van der Waals surface area contributed by atoms with Gasteiger partial charge in [0.15, 0.2) is 0 Å². The summed E-state index contributed by atoms with van der Waals surface area (Å²) in [5.74, 6) is -1.93. The first-order chi connectivity index (χ1) is 16.3. The van der Waals surface area contributed by atoms with Crippen molar-refractivity contribution in [1.82, 2.24) is 4.98 Å². The van der Waals surface area contributed by atoms with Crippen molar-refractivity contribution in [3.05, 3.63) is 64.4 Å². The third kappa shape index (κ3) is 7.04. The van der Waals surface area contributed by atoms with Gasteiger partial charge in [0.25, 0.3) is 5.91 Å². The number of aliphatic hydroxyl groups is 2. The molecule has 0 aliphatic heterocycles. The van der Waals surface area contributed by atoms with Crippen LogP contribution >= 0.6 is 11.3 Å². The van der Waals surface area contributed by atoms with Gasteiger partial charge in [0.2, 0.25) is 0 Å². The molecule has 1 atom stereocenters. The molecule has 3 rings (SSSR count). The summed E-state index contributed by atoms with van der Waals surface area (Å²) in [7, 11) is 0. The van der Waals surface area contributed by atoms with Crippen LogP contribution in [0.5, 0.6) is 0 Å². The Bertz CT molecular complexity index is 1200. The predicted octanol–water partition coefficient (Wildman–Crippen LogP) is 4.45. The number of anilines is 2. The standard InChI is InChI=1S/C25H29F2N3O4S/c1-13(31)7-15-8-18(26)22(19(27)9-15)20-10-17(23(28)32)24(35-20)30-21-6-5-16(14(2)29-21)11-34-12-25(3,4)33/h5-6,8-10,13,31,33H,7,11-12H2,1-4H3,(H2,28,32)(H,29,30). The number of ether oxygens (including phenoxy) is 1. The van der Waals surface area contributed by atoms with E-state index in [4.69, 9.17) is 10.5 Å². The molecule has 3 aromatic rings. The fourth-order valence-electron chi connectivity index (χ4n) is 3.45. The maximum atomic E-state index is 14.8. The van der Waals surface area contributed by atoms with Crippen LogP contribution in [0.3, 0.4) is 0 Å². The zero-order valence-corrected chi connectivity index (χ0v) is 20.8. The molecule has 0 saturated carbocycles. The zero-order chi connectivity index (χ0) is 25.9. The highest BCUT2D eigenvalue weighted by molar-refractivity contribution is 7.20. The SMILES string of the molecule is Cc1nc(Nc2sc(-c3c(F)cc(CC(C)O)cc3F)cc2C(N)=O)ccc1COCC(C)(C)O. The average Bonchev–Trinajstić information content (AvgIpc) is 3.11. The third-order valence-electron chi connectivity index (χ3n) is 5.03. The van der Waals surface area contributed by atoms with Crippen LogP contribution in [0, 0.1) is 18.6 Å².